The van der Waals surface area contributed by atoms with Crippen molar-refractivity contribution >= 4 is 47.0 Å². The van der Waals surface area contributed by atoms with Crippen molar-refractivity contribution in [2.45, 2.75) is 18.6 Å². The molecule has 166 valence electrons. The SMILES string of the molecule is CCOC(=O)/C=C1\SCC(=O)N1CCSc1nnc(-c2ccc(Cl)cc2)n1CCOC. The molecule has 0 saturated carbocycles. The molecule has 8 nitrogen and oxygen atoms in total. The number of hydrogen-bond acceptors (Lipinski definition) is 8. The molecule has 1 aromatic carbocycles. The van der Waals surface area contributed by atoms with Crippen molar-refractivity contribution in [3.05, 3.63) is 40.4 Å². The average Bonchev–Trinajstić information content (AvgIpc) is 3.31. The zero-order valence-corrected chi connectivity index (χ0v) is 19.6. The van der Waals surface area contributed by atoms with Crippen molar-refractivity contribution in [3.63, 3.8) is 0 Å². The van der Waals surface area contributed by atoms with Gasteiger partial charge in [-0.1, -0.05) is 35.1 Å². The fourth-order valence-corrected chi connectivity index (χ4v) is 4.84. The van der Waals surface area contributed by atoms with Crippen LogP contribution in [0.3, 0.4) is 0 Å². The molecule has 3 rings (SSSR count). The highest BCUT2D eigenvalue weighted by atomic mass is 35.5. The third kappa shape index (κ3) is 6.25. The van der Waals surface area contributed by atoms with Crippen LogP contribution in [0.1, 0.15) is 6.92 Å². The largest absolute Gasteiger partial charge is 0.463 e. The molecule has 1 aliphatic rings. The van der Waals surface area contributed by atoms with E-state index in [4.69, 9.17) is 21.1 Å². The number of aromatic nitrogens is 3. The normalized spacial score (nSPS) is 15.1. The Kier molecular flexibility index (Phi) is 8.82. The Labute approximate surface area is 194 Å². The quantitative estimate of drug-likeness (QED) is 0.289. The summed E-state index contributed by atoms with van der Waals surface area (Å²) in [5.41, 5.74) is 0.908. The lowest BCUT2D eigenvalue weighted by Crippen LogP contribution is -2.27. The van der Waals surface area contributed by atoms with Crippen LogP contribution in [0.15, 0.2) is 40.5 Å². The van der Waals surface area contributed by atoms with Crippen LogP contribution in [0, 0.1) is 0 Å². The molecular weight excluding hydrogens is 460 g/mol. The third-order valence-electron chi connectivity index (χ3n) is 4.32. The molecule has 1 saturated heterocycles. The number of carbonyl (C=O) groups excluding carboxylic acids is 2. The van der Waals surface area contributed by atoms with Gasteiger partial charge in [-0.2, -0.15) is 0 Å². The van der Waals surface area contributed by atoms with E-state index in [2.05, 4.69) is 10.2 Å². The summed E-state index contributed by atoms with van der Waals surface area (Å²) >= 11 is 8.84. The molecule has 0 bridgehead atoms. The lowest BCUT2D eigenvalue weighted by atomic mass is 10.2. The number of rotatable bonds is 10. The number of hydrogen-bond donors (Lipinski definition) is 0. The highest BCUT2D eigenvalue weighted by molar-refractivity contribution is 8.04. The number of nitrogens with zero attached hydrogens (tertiary/aromatic N) is 4. The average molecular weight is 483 g/mol. The molecule has 2 aromatic rings. The van der Waals surface area contributed by atoms with Gasteiger partial charge >= 0.3 is 5.97 Å². The summed E-state index contributed by atoms with van der Waals surface area (Å²) < 4.78 is 12.2. The maximum Gasteiger partial charge on any atom is 0.333 e. The van der Waals surface area contributed by atoms with Crippen molar-refractivity contribution < 1.29 is 19.1 Å². The van der Waals surface area contributed by atoms with E-state index in [1.165, 1.54) is 29.6 Å². The number of benzene rings is 1. The zero-order chi connectivity index (χ0) is 22.2. The predicted octanol–water partition coefficient (Wildman–Crippen LogP) is 3.32. The second-order valence-corrected chi connectivity index (χ2v) is 8.87. The van der Waals surface area contributed by atoms with Crippen LogP contribution in [0.5, 0.6) is 0 Å². The first-order valence-electron chi connectivity index (χ1n) is 9.66. The lowest BCUT2D eigenvalue weighted by molar-refractivity contribution is -0.137. The van der Waals surface area contributed by atoms with Crippen LogP contribution in [0.2, 0.25) is 5.02 Å². The fraction of sp³-hybridized carbons (Fsp3) is 0.400. The van der Waals surface area contributed by atoms with Gasteiger partial charge in [0, 0.05) is 30.0 Å². The van der Waals surface area contributed by atoms with Gasteiger partial charge in [0.25, 0.3) is 0 Å². The Balaban J connectivity index is 1.70. The maximum atomic E-state index is 12.2. The van der Waals surface area contributed by atoms with Gasteiger partial charge in [-0.15, -0.1) is 10.2 Å². The Morgan fingerprint density at radius 3 is 2.77 bits per heavy atom. The van der Waals surface area contributed by atoms with E-state index >= 15 is 0 Å². The van der Waals surface area contributed by atoms with Crippen LogP contribution in [0.4, 0.5) is 0 Å². The van der Waals surface area contributed by atoms with Gasteiger partial charge in [0.15, 0.2) is 11.0 Å². The molecule has 0 aliphatic carbocycles. The molecule has 31 heavy (non-hydrogen) atoms. The van der Waals surface area contributed by atoms with Crippen molar-refractivity contribution in [3.8, 4) is 11.4 Å². The summed E-state index contributed by atoms with van der Waals surface area (Å²) in [7, 11) is 1.65. The number of amides is 1. The number of methoxy groups -OCH3 is 1. The van der Waals surface area contributed by atoms with Crippen LogP contribution in [0.25, 0.3) is 11.4 Å². The molecule has 2 heterocycles. The molecule has 1 aromatic heterocycles. The van der Waals surface area contributed by atoms with Crippen LogP contribution in [-0.2, 0) is 25.6 Å². The van der Waals surface area contributed by atoms with Gasteiger partial charge in [-0.05, 0) is 31.2 Å². The van der Waals surface area contributed by atoms with E-state index < -0.39 is 5.97 Å². The molecule has 0 atom stereocenters. The topological polar surface area (TPSA) is 86.6 Å². The smallest absolute Gasteiger partial charge is 0.333 e. The number of carbonyl (C=O) groups is 2. The standard InChI is InChI=1S/C20H23ClN4O4S2/c1-3-29-18(27)12-17-24(16(26)13-31-17)9-11-30-20-23-22-19(25(20)8-10-28-2)14-4-6-15(21)7-5-14/h4-7,12H,3,8-11,13H2,1-2H3/b17-12-. The molecule has 0 spiro atoms. The first kappa shape index (κ1) is 23.6. The second-order valence-electron chi connectivity index (χ2n) is 6.37. The summed E-state index contributed by atoms with van der Waals surface area (Å²) in [5, 5.41) is 10.7. The van der Waals surface area contributed by atoms with Crippen LogP contribution < -0.4 is 0 Å². The van der Waals surface area contributed by atoms with E-state index in [-0.39, 0.29) is 5.91 Å². The molecular formula is C20H23ClN4O4S2. The number of thioether (sulfide) groups is 2. The van der Waals surface area contributed by atoms with Gasteiger partial charge in [-0.3, -0.25) is 9.36 Å². The second kappa shape index (κ2) is 11.6. The van der Waals surface area contributed by atoms with Crippen molar-refractivity contribution in [1.29, 1.82) is 0 Å². The Hall–Kier alpha value is -2.01. The third-order valence-corrected chi connectivity index (χ3v) is 6.55. The predicted molar refractivity (Wildman–Crippen MR) is 122 cm³/mol. The monoisotopic (exact) mass is 482 g/mol. The Bertz CT molecular complexity index is 949. The van der Waals surface area contributed by atoms with Crippen molar-refractivity contribution in [2.75, 3.05) is 38.4 Å². The first-order valence-corrected chi connectivity index (χ1v) is 12.0. The summed E-state index contributed by atoms with van der Waals surface area (Å²) in [6.45, 7) is 3.60. The molecule has 0 radical (unpaired) electrons. The summed E-state index contributed by atoms with van der Waals surface area (Å²) in [5.74, 6) is 1.18. The van der Waals surface area contributed by atoms with E-state index in [1.807, 2.05) is 28.8 Å². The molecule has 11 heteroatoms. The van der Waals surface area contributed by atoms with Gasteiger partial charge < -0.3 is 14.4 Å². The lowest BCUT2D eigenvalue weighted by Gasteiger charge is -2.16. The van der Waals surface area contributed by atoms with E-state index in [0.29, 0.717) is 47.9 Å². The van der Waals surface area contributed by atoms with Crippen molar-refractivity contribution in [1.82, 2.24) is 19.7 Å². The first-order chi connectivity index (χ1) is 15.0. The van der Waals surface area contributed by atoms with Gasteiger partial charge in [0.1, 0.15) is 0 Å². The highest BCUT2D eigenvalue weighted by Crippen LogP contribution is 2.30. The minimum Gasteiger partial charge on any atom is -0.463 e. The number of ether oxygens (including phenoxy) is 2. The maximum absolute atomic E-state index is 12.2. The molecule has 1 fully saturated rings. The van der Waals surface area contributed by atoms with Crippen LogP contribution >= 0.6 is 35.1 Å². The minimum atomic E-state index is -0.440. The Morgan fingerprint density at radius 2 is 2.06 bits per heavy atom. The summed E-state index contributed by atoms with van der Waals surface area (Å²) in [4.78, 5) is 25.6. The van der Waals surface area contributed by atoms with Gasteiger partial charge in [0.05, 0.1) is 36.6 Å². The van der Waals surface area contributed by atoms with Crippen LogP contribution in [-0.4, -0.2) is 69.9 Å². The molecule has 1 aliphatic heterocycles. The minimum absolute atomic E-state index is 0.0242. The summed E-state index contributed by atoms with van der Waals surface area (Å²) in [6.07, 6.45) is 1.38. The van der Waals surface area contributed by atoms with Gasteiger partial charge in [-0.25, -0.2) is 4.79 Å². The number of halogens is 1. The summed E-state index contributed by atoms with van der Waals surface area (Å²) in [6, 6.07) is 7.42. The van der Waals surface area contributed by atoms with E-state index in [1.54, 1.807) is 18.9 Å². The molecule has 0 unspecified atom stereocenters. The fourth-order valence-electron chi connectivity index (χ4n) is 2.87. The molecule has 0 N–H and O–H groups in total. The zero-order valence-electron chi connectivity index (χ0n) is 17.2. The Morgan fingerprint density at radius 1 is 1.29 bits per heavy atom. The van der Waals surface area contributed by atoms with E-state index in [0.717, 1.165) is 16.5 Å². The number of esters is 1. The van der Waals surface area contributed by atoms with Crippen molar-refractivity contribution in [2.24, 2.45) is 0 Å². The van der Waals surface area contributed by atoms with E-state index in [9.17, 15) is 9.59 Å². The highest BCUT2D eigenvalue weighted by Gasteiger charge is 2.27. The molecule has 1 amide bonds. The van der Waals surface area contributed by atoms with Gasteiger partial charge in [0.2, 0.25) is 5.91 Å².